The fourth-order valence-electron chi connectivity index (χ4n) is 4.74. The Labute approximate surface area is 207 Å². The van der Waals surface area contributed by atoms with Crippen LogP contribution < -0.4 is 0 Å². The summed E-state index contributed by atoms with van der Waals surface area (Å²) < 4.78 is 0. The summed E-state index contributed by atoms with van der Waals surface area (Å²) in [5.74, 6) is 1.98. The van der Waals surface area contributed by atoms with Gasteiger partial charge < -0.3 is 0 Å². The second-order valence-corrected chi connectivity index (χ2v) is 14.3. The van der Waals surface area contributed by atoms with Crippen molar-refractivity contribution in [1.29, 1.82) is 0 Å². The minimum Gasteiger partial charge on any atom is -0.0654 e. The van der Waals surface area contributed by atoms with Crippen LogP contribution in [0.5, 0.6) is 0 Å². The zero-order chi connectivity index (χ0) is 23.4. The summed E-state index contributed by atoms with van der Waals surface area (Å²) in [5.41, 5.74) is 0. The van der Waals surface area contributed by atoms with Gasteiger partial charge in [-0.05, 0) is 0 Å². The number of hydrogen-bond donors (Lipinski definition) is 0. The maximum atomic E-state index is 6.15. The minimum atomic E-state index is -0.818. The molecule has 31 heavy (non-hydrogen) atoms. The molecule has 0 N–H and O–H groups in total. The van der Waals surface area contributed by atoms with Gasteiger partial charge >= 0.3 is 163 Å². The van der Waals surface area contributed by atoms with E-state index in [9.17, 15) is 0 Å². The van der Waals surface area contributed by atoms with E-state index in [1.54, 1.807) is 0 Å². The zero-order valence-corrected chi connectivity index (χ0v) is 23.4. The Balaban J connectivity index is 3.92. The van der Waals surface area contributed by atoms with E-state index in [4.69, 9.17) is 7.74 Å². The molecule has 0 aliphatic rings. The van der Waals surface area contributed by atoms with E-state index in [1.165, 1.54) is 108 Å². The van der Waals surface area contributed by atoms with Gasteiger partial charge in [-0.3, -0.25) is 0 Å². The normalized spacial score (nSPS) is 10.9. The van der Waals surface area contributed by atoms with Crippen LogP contribution in [0.3, 0.4) is 0 Å². The molecule has 0 aromatic rings. The van der Waals surface area contributed by atoms with E-state index in [2.05, 4.69) is 57.7 Å². The smallest absolute Gasteiger partial charge is 0.0654 e. The van der Waals surface area contributed by atoms with Gasteiger partial charge in [-0.1, -0.05) is 45.4 Å². The number of rotatable bonds is 21. The molecular formula is C18H48B12S-. The molecule has 0 aromatic heterocycles. The van der Waals surface area contributed by atoms with E-state index in [0.29, 0.717) is 18.5 Å². The molecule has 0 saturated heterocycles. The Kier molecular flexibility index (Phi) is 22.4. The van der Waals surface area contributed by atoms with Crippen molar-refractivity contribution in [2.45, 2.75) is 110 Å². The molecule has 0 aliphatic carbocycles. The summed E-state index contributed by atoms with van der Waals surface area (Å²) >= 11 is 0. The van der Waals surface area contributed by atoms with Crippen molar-refractivity contribution < 1.29 is 0 Å². The second-order valence-electron chi connectivity index (χ2n) is 10.7. The first-order valence-electron chi connectivity index (χ1n) is 14.1. The fraction of sp³-hybridized carbons (Fsp3) is 1.00. The Bertz CT molecular complexity index is 500. The monoisotopic (exact) mass is 417 g/mol. The average molecular weight is 417 g/mol. The Morgan fingerprint density at radius 2 is 0.935 bits per heavy atom. The van der Waals surface area contributed by atoms with Crippen LogP contribution in [0.25, 0.3) is 0 Å². The van der Waals surface area contributed by atoms with E-state index in [0.717, 1.165) is 7.06 Å². The van der Waals surface area contributed by atoms with E-state index in [1.807, 2.05) is 0 Å². The quantitative estimate of drug-likeness (QED) is 0.182. The van der Waals surface area contributed by atoms with Crippen LogP contribution in [-0.2, 0) is 0 Å². The summed E-state index contributed by atoms with van der Waals surface area (Å²) in [4.78, 5) is 0. The molecule has 0 atom stereocenters. The van der Waals surface area contributed by atoms with Crippen molar-refractivity contribution in [3.8, 4) is 0 Å². The van der Waals surface area contributed by atoms with Gasteiger partial charge in [-0.25, -0.2) is 0 Å². The van der Waals surface area contributed by atoms with Crippen molar-refractivity contribution in [3.05, 3.63) is 0 Å². The van der Waals surface area contributed by atoms with Gasteiger partial charge in [0.2, 0.25) is 0 Å². The van der Waals surface area contributed by atoms with Gasteiger partial charge in [-0.15, -0.1) is 0 Å². The van der Waals surface area contributed by atoms with Crippen molar-refractivity contribution >= 4 is 92.9 Å². The summed E-state index contributed by atoms with van der Waals surface area (Å²) in [6.45, 7) is 2.30. The predicted octanol–water partition coefficient (Wildman–Crippen LogP) is -0.0689. The van der Waals surface area contributed by atoms with Crippen LogP contribution in [0.15, 0.2) is 0 Å². The second kappa shape index (κ2) is 21.6. The summed E-state index contributed by atoms with van der Waals surface area (Å²) in [6.07, 6.45) is 24.4. The molecule has 0 aliphatic heterocycles. The van der Waals surface area contributed by atoms with E-state index >= 15 is 0 Å². The minimum absolute atomic E-state index is 0.619. The molecule has 0 saturated carbocycles. The molecule has 0 bridgehead atoms. The third kappa shape index (κ3) is 18.2. The molecule has 0 heterocycles. The molecule has 13 heteroatoms. The van der Waals surface area contributed by atoms with Crippen molar-refractivity contribution in [3.63, 3.8) is 0 Å². The van der Waals surface area contributed by atoms with Crippen LogP contribution in [0.2, 0.25) is 0 Å². The molecular weight excluding hydrogens is 368 g/mol. The van der Waals surface area contributed by atoms with Crippen LogP contribution in [-0.4, -0.2) is 89.9 Å². The van der Waals surface area contributed by atoms with Gasteiger partial charge in [0.1, 0.15) is 0 Å². The van der Waals surface area contributed by atoms with Gasteiger partial charge in [0.05, 0.1) is 0 Å². The number of unbranched alkanes of at least 4 members (excludes halogenated alkanes) is 15. The number of hydrogen-bond acceptors (Lipinski definition) is 0. The Morgan fingerprint density at radius 3 is 1.23 bits per heavy atom. The van der Waals surface area contributed by atoms with Gasteiger partial charge in [0.25, 0.3) is 0 Å². The average Bonchev–Trinajstić information content (AvgIpc) is 2.71. The molecule has 0 unspecified atom stereocenters. The SMILES string of the molecule is [10B-][10BH][10B]([10BH2])S(=[10B][10B]([10BH2])[10BH2])(=[10B][10B]([10BH2])[10BH2])CCCCCCCCCCCCCCCCCC. The molecule has 0 amide bonds. The first kappa shape index (κ1) is 32.1. The summed E-state index contributed by atoms with van der Waals surface area (Å²) in [6, 6.07) is 5.35. The molecule has 3 radical (unpaired) electrons. The topological polar surface area (TPSA) is 0 Å². The summed E-state index contributed by atoms with van der Waals surface area (Å²) in [7, 11) is 17.9. The maximum absolute atomic E-state index is 6.15. The standard InChI is InChI=1S/C18H48B12S/c1-2-3-4-5-6-7-8-9-10-11-12-13-14-15-16-17-18-31(26-28(20)21,27-29(22)23)30(24)25-19/h25H,2-18,20-24H2,1H3/q-1/i19-1,20-1,21-1,22-1,23-1,24-1,25-1,26-1,27-1,28-1,29-1,30-1. The molecule has 0 aromatic carbocycles. The van der Waals surface area contributed by atoms with Crippen molar-refractivity contribution in [1.82, 2.24) is 0 Å². The predicted molar refractivity (Wildman–Crippen MR) is 176 cm³/mol. The summed E-state index contributed by atoms with van der Waals surface area (Å²) in [5, 5.41) is 0. The van der Waals surface area contributed by atoms with Gasteiger partial charge in [-0.2, -0.15) is 0 Å². The molecule has 0 nitrogen and oxygen atoms in total. The third-order valence-electron chi connectivity index (χ3n) is 6.48. The van der Waals surface area contributed by atoms with Crippen LogP contribution >= 0.6 is 8.73 Å². The molecule has 0 spiro atoms. The first-order valence-corrected chi connectivity index (χ1v) is 16.1. The van der Waals surface area contributed by atoms with Gasteiger partial charge in [0, 0.05) is 0 Å². The van der Waals surface area contributed by atoms with Crippen LogP contribution in [0.1, 0.15) is 110 Å². The molecule has 0 rings (SSSR count). The fourth-order valence-corrected chi connectivity index (χ4v) is 9.13. The Morgan fingerprint density at radius 1 is 0.613 bits per heavy atom. The van der Waals surface area contributed by atoms with Gasteiger partial charge in [0.15, 0.2) is 0 Å². The first-order chi connectivity index (χ1) is 14.9. The van der Waals surface area contributed by atoms with Crippen LogP contribution in [0, 0.1) is 0 Å². The van der Waals surface area contributed by atoms with Crippen molar-refractivity contribution in [2.75, 3.05) is 5.75 Å². The van der Waals surface area contributed by atoms with Crippen LogP contribution in [0.4, 0.5) is 0 Å². The van der Waals surface area contributed by atoms with Crippen molar-refractivity contribution in [2.24, 2.45) is 0 Å². The molecule has 0 fully saturated rings. The zero-order valence-electron chi connectivity index (χ0n) is 22.6. The van der Waals surface area contributed by atoms with E-state index in [-0.39, 0.29) is 0 Å². The van der Waals surface area contributed by atoms with E-state index < -0.39 is 8.73 Å². The third-order valence-corrected chi connectivity index (χ3v) is 11.3. The Hall–Kier alpha value is 1.13. The molecule has 163 valence electrons.